The summed E-state index contributed by atoms with van der Waals surface area (Å²) < 4.78 is 15.7. The normalized spacial score (nSPS) is 12.6. The zero-order valence-electron chi connectivity index (χ0n) is 22.5. The molecule has 0 N–H and O–H groups in total. The maximum atomic E-state index is 13.4. The summed E-state index contributed by atoms with van der Waals surface area (Å²) in [7, 11) is 1.62. The van der Waals surface area contributed by atoms with Gasteiger partial charge in [0.1, 0.15) is 5.75 Å². The molecule has 0 saturated carbocycles. The molecular formula is C31H36O6. The number of carbonyl (C=O) groups is 3. The van der Waals surface area contributed by atoms with Gasteiger partial charge in [-0.2, -0.15) is 0 Å². The molecule has 0 aromatic heterocycles. The third-order valence-corrected chi connectivity index (χ3v) is 6.37. The number of methoxy groups -OCH3 is 1. The van der Waals surface area contributed by atoms with Gasteiger partial charge in [-0.05, 0) is 81.5 Å². The number of Topliss-reactive ketones (excluding diaryl/α,β-unsaturated/α-hetero) is 1. The zero-order valence-corrected chi connectivity index (χ0v) is 22.5. The quantitative estimate of drug-likeness (QED) is 0.173. The second-order valence-corrected chi connectivity index (χ2v) is 11.0. The molecule has 0 saturated heterocycles. The van der Waals surface area contributed by atoms with Crippen molar-refractivity contribution in [2.45, 2.75) is 53.4 Å². The minimum Gasteiger partial charge on any atom is -0.497 e. The van der Waals surface area contributed by atoms with Crippen LogP contribution in [0.15, 0.2) is 66.7 Å². The van der Waals surface area contributed by atoms with E-state index in [1.165, 1.54) is 0 Å². The van der Waals surface area contributed by atoms with Crippen molar-refractivity contribution >= 4 is 28.5 Å². The van der Waals surface area contributed by atoms with Crippen LogP contribution in [0.3, 0.4) is 0 Å². The molecule has 0 heterocycles. The maximum Gasteiger partial charge on any atom is 0.314 e. The standard InChI is InChI=1S/C31H36O6/c1-30(2,3)28(33)36-20-37-29(34)31(4,5)19-25(21-10-8-7-9-11-21)18-27(32)24-13-12-23-17-26(35-6)15-14-22(23)16-24/h7-17,25H,18-20H2,1-6H3. The summed E-state index contributed by atoms with van der Waals surface area (Å²) in [5.74, 6) is -0.380. The Kier molecular flexibility index (Phi) is 8.74. The van der Waals surface area contributed by atoms with Crippen molar-refractivity contribution < 1.29 is 28.6 Å². The molecule has 196 valence electrons. The van der Waals surface area contributed by atoms with Crippen molar-refractivity contribution in [2.75, 3.05) is 13.9 Å². The predicted octanol–water partition coefficient (Wildman–Crippen LogP) is 6.71. The molecule has 37 heavy (non-hydrogen) atoms. The number of fused-ring (bicyclic) bond motifs is 1. The maximum absolute atomic E-state index is 13.4. The van der Waals surface area contributed by atoms with Gasteiger partial charge in [-0.3, -0.25) is 14.4 Å². The Balaban J connectivity index is 1.75. The summed E-state index contributed by atoms with van der Waals surface area (Å²) in [4.78, 5) is 38.3. The summed E-state index contributed by atoms with van der Waals surface area (Å²) in [5, 5.41) is 1.95. The van der Waals surface area contributed by atoms with E-state index >= 15 is 0 Å². The van der Waals surface area contributed by atoms with Gasteiger partial charge in [0, 0.05) is 12.0 Å². The lowest BCUT2D eigenvalue weighted by atomic mass is 9.77. The van der Waals surface area contributed by atoms with Gasteiger partial charge in [-0.25, -0.2) is 0 Å². The van der Waals surface area contributed by atoms with Crippen LogP contribution in [0, 0.1) is 10.8 Å². The highest BCUT2D eigenvalue weighted by atomic mass is 16.7. The van der Waals surface area contributed by atoms with Gasteiger partial charge in [-0.1, -0.05) is 48.5 Å². The molecule has 0 radical (unpaired) electrons. The number of rotatable bonds is 10. The van der Waals surface area contributed by atoms with Gasteiger partial charge in [0.2, 0.25) is 6.79 Å². The number of ether oxygens (including phenoxy) is 3. The van der Waals surface area contributed by atoms with Crippen LogP contribution in [0.4, 0.5) is 0 Å². The molecule has 0 bridgehead atoms. The Morgan fingerprint density at radius 1 is 0.784 bits per heavy atom. The highest BCUT2D eigenvalue weighted by Gasteiger charge is 2.34. The average Bonchev–Trinajstić information content (AvgIpc) is 2.87. The van der Waals surface area contributed by atoms with Crippen molar-refractivity contribution in [2.24, 2.45) is 10.8 Å². The Hall–Kier alpha value is -3.67. The Labute approximate surface area is 218 Å². The highest BCUT2D eigenvalue weighted by molar-refractivity contribution is 6.00. The van der Waals surface area contributed by atoms with Crippen molar-refractivity contribution in [1.82, 2.24) is 0 Å². The molecule has 0 aliphatic carbocycles. The van der Waals surface area contributed by atoms with E-state index in [-0.39, 0.29) is 18.1 Å². The number of hydrogen-bond acceptors (Lipinski definition) is 6. The average molecular weight is 505 g/mol. The third kappa shape index (κ3) is 7.42. The molecule has 3 aromatic carbocycles. The predicted molar refractivity (Wildman–Crippen MR) is 144 cm³/mol. The topological polar surface area (TPSA) is 78.9 Å². The molecule has 0 aliphatic heterocycles. The molecule has 1 unspecified atom stereocenters. The first kappa shape index (κ1) is 27.9. The van der Waals surface area contributed by atoms with E-state index in [4.69, 9.17) is 14.2 Å². The van der Waals surface area contributed by atoms with Crippen molar-refractivity contribution in [1.29, 1.82) is 0 Å². The third-order valence-electron chi connectivity index (χ3n) is 6.37. The van der Waals surface area contributed by atoms with Crippen LogP contribution in [0.5, 0.6) is 5.75 Å². The van der Waals surface area contributed by atoms with E-state index in [9.17, 15) is 14.4 Å². The molecule has 0 aliphatic rings. The fourth-order valence-electron chi connectivity index (χ4n) is 4.15. The fourth-order valence-corrected chi connectivity index (χ4v) is 4.15. The van der Waals surface area contributed by atoms with Gasteiger partial charge < -0.3 is 14.2 Å². The largest absolute Gasteiger partial charge is 0.497 e. The Morgan fingerprint density at radius 2 is 1.41 bits per heavy atom. The number of hydrogen-bond donors (Lipinski definition) is 0. The van der Waals surface area contributed by atoms with Crippen LogP contribution >= 0.6 is 0 Å². The van der Waals surface area contributed by atoms with Gasteiger partial charge in [-0.15, -0.1) is 0 Å². The Morgan fingerprint density at radius 3 is 2.05 bits per heavy atom. The van der Waals surface area contributed by atoms with Crippen LogP contribution in [0.2, 0.25) is 0 Å². The molecule has 3 aromatic rings. The SMILES string of the molecule is COc1ccc2cc(C(=O)CC(CC(C)(C)C(=O)OCOC(=O)C(C)(C)C)c3ccccc3)ccc2c1. The number of esters is 2. The van der Waals surface area contributed by atoms with Crippen LogP contribution in [-0.2, 0) is 19.1 Å². The van der Waals surface area contributed by atoms with E-state index in [1.807, 2.05) is 66.7 Å². The molecule has 6 heteroatoms. The van der Waals surface area contributed by atoms with E-state index in [0.29, 0.717) is 12.0 Å². The summed E-state index contributed by atoms with van der Waals surface area (Å²) in [6, 6.07) is 21.1. The summed E-state index contributed by atoms with van der Waals surface area (Å²) in [6.45, 7) is 8.32. The minimum atomic E-state index is -0.908. The molecular weight excluding hydrogens is 468 g/mol. The molecule has 6 nitrogen and oxygen atoms in total. The zero-order chi connectivity index (χ0) is 27.2. The highest BCUT2D eigenvalue weighted by Crippen LogP contribution is 2.36. The number of benzene rings is 3. The van der Waals surface area contributed by atoms with Crippen LogP contribution in [0.1, 0.15) is 69.3 Å². The van der Waals surface area contributed by atoms with Crippen LogP contribution in [-0.4, -0.2) is 31.6 Å². The molecule has 0 fully saturated rings. The first-order chi connectivity index (χ1) is 17.4. The first-order valence-corrected chi connectivity index (χ1v) is 12.4. The molecule has 0 spiro atoms. The molecule has 1 atom stereocenters. The van der Waals surface area contributed by atoms with Crippen molar-refractivity contribution in [3.63, 3.8) is 0 Å². The first-order valence-electron chi connectivity index (χ1n) is 12.4. The lowest BCUT2D eigenvalue weighted by molar-refractivity contribution is -0.178. The summed E-state index contributed by atoms with van der Waals surface area (Å²) in [5.41, 5.74) is -0.000752. The van der Waals surface area contributed by atoms with E-state index < -0.39 is 29.6 Å². The lowest BCUT2D eigenvalue weighted by Gasteiger charge is -2.28. The Bertz CT molecular complexity index is 1250. The van der Waals surface area contributed by atoms with Crippen molar-refractivity contribution in [3.05, 3.63) is 77.9 Å². The lowest BCUT2D eigenvalue weighted by Crippen LogP contribution is -2.31. The van der Waals surface area contributed by atoms with Gasteiger partial charge in [0.25, 0.3) is 0 Å². The minimum absolute atomic E-state index is 0.00477. The van der Waals surface area contributed by atoms with E-state index in [2.05, 4.69) is 0 Å². The van der Waals surface area contributed by atoms with Crippen LogP contribution in [0.25, 0.3) is 10.8 Å². The fraction of sp³-hybridized carbons (Fsp3) is 0.387. The second-order valence-electron chi connectivity index (χ2n) is 11.0. The second kappa shape index (κ2) is 11.6. The summed E-state index contributed by atoms with van der Waals surface area (Å²) in [6.07, 6.45) is 0.626. The van der Waals surface area contributed by atoms with E-state index in [0.717, 1.165) is 22.1 Å². The van der Waals surface area contributed by atoms with Gasteiger partial charge >= 0.3 is 11.9 Å². The monoisotopic (exact) mass is 504 g/mol. The van der Waals surface area contributed by atoms with E-state index in [1.54, 1.807) is 41.7 Å². The van der Waals surface area contributed by atoms with Gasteiger partial charge in [0.15, 0.2) is 5.78 Å². The van der Waals surface area contributed by atoms with Gasteiger partial charge in [0.05, 0.1) is 17.9 Å². The molecule has 3 rings (SSSR count). The summed E-state index contributed by atoms with van der Waals surface area (Å²) >= 11 is 0. The number of carbonyl (C=O) groups excluding carboxylic acids is 3. The molecule has 0 amide bonds. The van der Waals surface area contributed by atoms with Crippen molar-refractivity contribution in [3.8, 4) is 5.75 Å². The number of ketones is 1. The smallest absolute Gasteiger partial charge is 0.314 e. The van der Waals surface area contributed by atoms with Crippen LogP contribution < -0.4 is 4.74 Å².